The first-order valence-corrected chi connectivity index (χ1v) is 8.31. The van der Waals surface area contributed by atoms with Crippen molar-refractivity contribution in [2.75, 3.05) is 31.6 Å². The van der Waals surface area contributed by atoms with Crippen LogP contribution in [0.25, 0.3) is 0 Å². The van der Waals surface area contributed by atoms with Crippen LogP contribution < -0.4 is 9.64 Å². The van der Waals surface area contributed by atoms with E-state index in [4.69, 9.17) is 4.74 Å². The predicted molar refractivity (Wildman–Crippen MR) is 96.5 cm³/mol. The van der Waals surface area contributed by atoms with Crippen molar-refractivity contribution in [1.82, 2.24) is 4.90 Å². The number of hydrogen-bond donors (Lipinski definition) is 0. The summed E-state index contributed by atoms with van der Waals surface area (Å²) in [7, 11) is 2.07. The van der Waals surface area contributed by atoms with Crippen molar-refractivity contribution in [1.29, 1.82) is 0 Å². The zero-order chi connectivity index (χ0) is 17.1. The van der Waals surface area contributed by atoms with Crippen molar-refractivity contribution in [3.8, 4) is 5.75 Å². The van der Waals surface area contributed by atoms with Crippen molar-refractivity contribution in [2.45, 2.75) is 20.4 Å². The van der Waals surface area contributed by atoms with Crippen LogP contribution >= 0.6 is 0 Å². The molecule has 1 heterocycles. The average Bonchev–Trinajstić information content (AvgIpc) is 2.73. The summed E-state index contributed by atoms with van der Waals surface area (Å²) in [6.07, 6.45) is 0. The fourth-order valence-corrected chi connectivity index (χ4v) is 3.10. The maximum absolute atomic E-state index is 12.6. The second-order valence-electron chi connectivity index (χ2n) is 6.42. The summed E-state index contributed by atoms with van der Waals surface area (Å²) in [5, 5.41) is 0. The Hall–Kier alpha value is -2.49. The predicted octanol–water partition coefficient (Wildman–Crippen LogP) is 3.16. The van der Waals surface area contributed by atoms with Crippen LogP contribution in [0.3, 0.4) is 0 Å². The van der Waals surface area contributed by atoms with Crippen molar-refractivity contribution >= 4 is 11.6 Å². The van der Waals surface area contributed by atoms with Gasteiger partial charge in [0, 0.05) is 32.4 Å². The van der Waals surface area contributed by atoms with E-state index in [9.17, 15) is 4.79 Å². The van der Waals surface area contributed by atoms with Gasteiger partial charge in [0.15, 0.2) is 6.61 Å². The lowest BCUT2D eigenvalue weighted by Crippen LogP contribution is -2.37. The first-order chi connectivity index (χ1) is 11.5. The number of hydrogen-bond acceptors (Lipinski definition) is 3. The van der Waals surface area contributed by atoms with Crippen LogP contribution in [0.4, 0.5) is 5.69 Å². The zero-order valence-corrected chi connectivity index (χ0v) is 14.6. The highest BCUT2D eigenvalue weighted by Crippen LogP contribution is 2.24. The van der Waals surface area contributed by atoms with Gasteiger partial charge in [0.2, 0.25) is 0 Å². The quantitative estimate of drug-likeness (QED) is 0.869. The Morgan fingerprint density at radius 3 is 2.71 bits per heavy atom. The maximum Gasteiger partial charge on any atom is 0.260 e. The molecule has 1 amide bonds. The third-order valence-corrected chi connectivity index (χ3v) is 4.50. The lowest BCUT2D eigenvalue weighted by molar-refractivity contribution is -0.133. The van der Waals surface area contributed by atoms with Gasteiger partial charge in [-0.25, -0.2) is 0 Å². The molecule has 24 heavy (non-hydrogen) atoms. The number of ether oxygens (including phenoxy) is 1. The van der Waals surface area contributed by atoms with Gasteiger partial charge in [-0.15, -0.1) is 0 Å². The molecule has 4 nitrogen and oxygen atoms in total. The van der Waals surface area contributed by atoms with E-state index in [0.717, 1.165) is 17.9 Å². The largest absolute Gasteiger partial charge is 0.484 e. The number of anilines is 1. The normalized spacial score (nSPS) is 14.1. The highest BCUT2D eigenvalue weighted by molar-refractivity contribution is 5.78. The third-order valence-electron chi connectivity index (χ3n) is 4.50. The van der Waals surface area contributed by atoms with Crippen LogP contribution in [0.15, 0.2) is 42.5 Å². The van der Waals surface area contributed by atoms with E-state index in [2.05, 4.69) is 30.1 Å². The van der Waals surface area contributed by atoms with E-state index < -0.39 is 0 Å². The number of carbonyl (C=O) groups excluding carboxylic acids is 1. The molecule has 0 spiro atoms. The van der Waals surface area contributed by atoms with Crippen LogP contribution in [0, 0.1) is 13.8 Å². The van der Waals surface area contributed by atoms with E-state index in [1.54, 1.807) is 0 Å². The molecule has 1 aliphatic heterocycles. The number of carbonyl (C=O) groups is 1. The molecule has 126 valence electrons. The van der Waals surface area contributed by atoms with Crippen molar-refractivity contribution in [2.24, 2.45) is 0 Å². The van der Waals surface area contributed by atoms with Gasteiger partial charge in [-0.05, 0) is 37.1 Å². The lowest BCUT2D eigenvalue weighted by Gasteiger charge is -2.21. The fourth-order valence-electron chi connectivity index (χ4n) is 3.10. The van der Waals surface area contributed by atoms with Gasteiger partial charge in [-0.2, -0.15) is 0 Å². The molecule has 0 saturated heterocycles. The molecule has 3 rings (SSSR count). The Kier molecular flexibility index (Phi) is 4.74. The number of likely N-dealkylation sites (N-methyl/N-ethyl adjacent to an activating group) is 1. The number of amides is 1. The average molecular weight is 324 g/mol. The lowest BCUT2D eigenvalue weighted by atomic mass is 10.1. The molecule has 0 aromatic heterocycles. The number of rotatable bonds is 3. The van der Waals surface area contributed by atoms with Crippen molar-refractivity contribution in [3.05, 3.63) is 59.2 Å². The van der Waals surface area contributed by atoms with E-state index in [1.807, 2.05) is 43.0 Å². The number of para-hydroxylation sites is 1. The molecule has 2 aromatic carbocycles. The molecule has 0 fully saturated rings. The maximum atomic E-state index is 12.6. The molecule has 1 aliphatic rings. The van der Waals surface area contributed by atoms with Crippen molar-refractivity contribution < 1.29 is 9.53 Å². The first-order valence-electron chi connectivity index (χ1n) is 8.31. The Bertz CT molecular complexity index is 742. The van der Waals surface area contributed by atoms with Crippen LogP contribution in [0.1, 0.15) is 16.7 Å². The zero-order valence-electron chi connectivity index (χ0n) is 14.6. The van der Waals surface area contributed by atoms with Gasteiger partial charge in [0.25, 0.3) is 5.91 Å². The van der Waals surface area contributed by atoms with Gasteiger partial charge in [-0.3, -0.25) is 4.79 Å². The smallest absolute Gasteiger partial charge is 0.260 e. The summed E-state index contributed by atoms with van der Waals surface area (Å²) >= 11 is 0. The van der Waals surface area contributed by atoms with Crippen molar-refractivity contribution in [3.63, 3.8) is 0 Å². The van der Waals surface area contributed by atoms with E-state index in [-0.39, 0.29) is 12.5 Å². The molecule has 4 heteroatoms. The van der Waals surface area contributed by atoms with E-state index >= 15 is 0 Å². The summed E-state index contributed by atoms with van der Waals surface area (Å²) in [6, 6.07) is 14.3. The summed E-state index contributed by atoms with van der Waals surface area (Å²) in [4.78, 5) is 16.7. The minimum absolute atomic E-state index is 0.0279. The second kappa shape index (κ2) is 6.95. The van der Waals surface area contributed by atoms with E-state index in [0.29, 0.717) is 13.1 Å². The Balaban J connectivity index is 1.67. The molecule has 0 bridgehead atoms. The molecular formula is C20H24N2O2. The topological polar surface area (TPSA) is 32.8 Å². The van der Waals surface area contributed by atoms with Gasteiger partial charge in [0.05, 0.1) is 0 Å². The number of aryl methyl sites for hydroxylation is 2. The minimum Gasteiger partial charge on any atom is -0.484 e. The third kappa shape index (κ3) is 3.53. The molecule has 0 N–H and O–H groups in total. The Morgan fingerprint density at radius 1 is 1.12 bits per heavy atom. The van der Waals surface area contributed by atoms with Crippen LogP contribution in [-0.4, -0.2) is 37.6 Å². The Labute approximate surface area is 143 Å². The summed E-state index contributed by atoms with van der Waals surface area (Å²) in [5.74, 6) is 0.807. The van der Waals surface area contributed by atoms with Gasteiger partial charge in [0.1, 0.15) is 5.75 Å². The van der Waals surface area contributed by atoms with E-state index in [1.165, 1.54) is 16.8 Å². The highest BCUT2D eigenvalue weighted by Gasteiger charge is 2.21. The van der Waals surface area contributed by atoms with Gasteiger partial charge < -0.3 is 14.5 Å². The van der Waals surface area contributed by atoms with Crippen LogP contribution in [0.2, 0.25) is 0 Å². The molecule has 0 aliphatic carbocycles. The molecule has 0 unspecified atom stereocenters. The fraction of sp³-hybridized carbons (Fsp3) is 0.350. The molecule has 2 aromatic rings. The van der Waals surface area contributed by atoms with Gasteiger partial charge in [-0.1, -0.05) is 35.9 Å². The SMILES string of the molecule is Cc1ccc(OCC(=O)N2CCN(C)c3ccccc3C2)c(C)c1. The summed E-state index contributed by atoms with van der Waals surface area (Å²) in [6.45, 7) is 6.30. The molecule has 0 saturated carbocycles. The number of fused-ring (bicyclic) bond motifs is 1. The van der Waals surface area contributed by atoms with Crippen LogP contribution in [0.5, 0.6) is 5.75 Å². The highest BCUT2D eigenvalue weighted by atomic mass is 16.5. The summed E-state index contributed by atoms with van der Waals surface area (Å²) in [5.41, 5.74) is 4.63. The second-order valence-corrected chi connectivity index (χ2v) is 6.42. The molecule has 0 radical (unpaired) electrons. The minimum atomic E-state index is 0.0279. The first kappa shape index (κ1) is 16.4. The number of nitrogens with zero attached hydrogens (tertiary/aromatic N) is 2. The number of benzene rings is 2. The monoisotopic (exact) mass is 324 g/mol. The molecule has 0 atom stereocenters. The Morgan fingerprint density at radius 2 is 1.92 bits per heavy atom. The van der Waals surface area contributed by atoms with Gasteiger partial charge >= 0.3 is 0 Å². The molecular weight excluding hydrogens is 300 g/mol. The van der Waals surface area contributed by atoms with Crippen LogP contribution in [-0.2, 0) is 11.3 Å². The summed E-state index contributed by atoms with van der Waals surface area (Å²) < 4.78 is 5.76. The standard InChI is InChI=1S/C20H24N2O2/c1-15-8-9-19(16(2)12-15)24-14-20(23)22-11-10-21(3)18-7-5-4-6-17(18)13-22/h4-9,12H,10-11,13-14H2,1-3H3.